The third kappa shape index (κ3) is 3.00. The van der Waals surface area contributed by atoms with Gasteiger partial charge in [0.25, 0.3) is 5.56 Å². The fourth-order valence-electron chi connectivity index (χ4n) is 2.81. The number of hydrogen-bond acceptors (Lipinski definition) is 2. The van der Waals surface area contributed by atoms with Crippen LogP contribution in [0.3, 0.4) is 0 Å². The van der Waals surface area contributed by atoms with Crippen LogP contribution in [-0.2, 0) is 0 Å². The van der Waals surface area contributed by atoms with Crippen LogP contribution < -0.4 is 5.56 Å². The third-order valence-electron chi connectivity index (χ3n) is 4.07. The van der Waals surface area contributed by atoms with Gasteiger partial charge in [0.05, 0.1) is 16.9 Å². The zero-order chi connectivity index (χ0) is 17.1. The molecule has 3 heteroatoms. The van der Waals surface area contributed by atoms with Gasteiger partial charge in [-0.1, -0.05) is 78.9 Å². The lowest BCUT2D eigenvalue weighted by molar-refractivity contribution is 0.815. The highest BCUT2D eigenvalue weighted by atomic mass is 16.1. The molecule has 0 saturated heterocycles. The molecule has 3 nitrogen and oxygen atoms in total. The van der Waals surface area contributed by atoms with Gasteiger partial charge in [-0.15, -0.1) is 0 Å². The zero-order valence-electron chi connectivity index (χ0n) is 13.5. The molecule has 0 bridgehead atoms. The second-order valence-electron chi connectivity index (χ2n) is 5.73. The van der Waals surface area contributed by atoms with Gasteiger partial charge < -0.3 is 0 Å². The van der Waals surface area contributed by atoms with Crippen LogP contribution in [0, 0.1) is 0 Å². The van der Waals surface area contributed by atoms with E-state index in [1.54, 1.807) is 0 Å². The molecule has 3 aromatic carbocycles. The summed E-state index contributed by atoms with van der Waals surface area (Å²) in [6, 6.07) is 31.0. The largest absolute Gasteiger partial charge is 0.279 e. The molecule has 0 amide bonds. The first-order valence-corrected chi connectivity index (χ1v) is 8.13. The molecule has 4 aromatic rings. The van der Waals surface area contributed by atoms with Crippen molar-refractivity contribution in [3.8, 4) is 28.1 Å². The quantitative estimate of drug-likeness (QED) is 0.553. The van der Waals surface area contributed by atoms with E-state index in [0.717, 1.165) is 22.5 Å². The fourth-order valence-corrected chi connectivity index (χ4v) is 2.81. The van der Waals surface area contributed by atoms with Gasteiger partial charge in [-0.05, 0) is 23.8 Å². The topological polar surface area (TPSA) is 34.9 Å². The molecule has 0 radical (unpaired) electrons. The predicted molar refractivity (Wildman–Crippen MR) is 101 cm³/mol. The summed E-state index contributed by atoms with van der Waals surface area (Å²) >= 11 is 0. The fraction of sp³-hybridized carbons (Fsp3) is 0. The van der Waals surface area contributed by atoms with E-state index in [4.69, 9.17) is 0 Å². The van der Waals surface area contributed by atoms with Crippen molar-refractivity contribution >= 4 is 0 Å². The maximum Gasteiger partial charge on any atom is 0.279 e. The van der Waals surface area contributed by atoms with E-state index in [2.05, 4.69) is 5.10 Å². The SMILES string of the molecule is O=c1c(-c2ccccc2)cc(-c2ccccc2)nn1-c1ccccc1. The number of rotatable bonds is 3. The van der Waals surface area contributed by atoms with Crippen LogP contribution in [0.15, 0.2) is 102 Å². The van der Waals surface area contributed by atoms with Crippen molar-refractivity contribution in [2.24, 2.45) is 0 Å². The summed E-state index contributed by atoms with van der Waals surface area (Å²) in [5.41, 5.74) is 3.89. The Morgan fingerprint density at radius 3 is 1.76 bits per heavy atom. The van der Waals surface area contributed by atoms with Crippen molar-refractivity contribution in [1.82, 2.24) is 9.78 Å². The zero-order valence-corrected chi connectivity index (χ0v) is 13.5. The molecular weight excluding hydrogens is 308 g/mol. The van der Waals surface area contributed by atoms with Crippen LogP contribution in [0.5, 0.6) is 0 Å². The van der Waals surface area contributed by atoms with Gasteiger partial charge in [0.2, 0.25) is 0 Å². The van der Waals surface area contributed by atoms with Gasteiger partial charge in [0.15, 0.2) is 0 Å². The molecule has 0 N–H and O–H groups in total. The molecule has 4 rings (SSSR count). The second-order valence-corrected chi connectivity index (χ2v) is 5.73. The molecule has 0 aliphatic rings. The summed E-state index contributed by atoms with van der Waals surface area (Å²) < 4.78 is 1.48. The molecule has 1 aromatic heterocycles. The average Bonchev–Trinajstić information content (AvgIpc) is 2.70. The summed E-state index contributed by atoms with van der Waals surface area (Å²) in [7, 11) is 0. The van der Waals surface area contributed by atoms with Crippen LogP contribution in [0.2, 0.25) is 0 Å². The molecule has 0 atom stereocenters. The van der Waals surface area contributed by atoms with E-state index in [1.807, 2.05) is 97.1 Å². The third-order valence-corrected chi connectivity index (χ3v) is 4.07. The van der Waals surface area contributed by atoms with Gasteiger partial charge >= 0.3 is 0 Å². The van der Waals surface area contributed by atoms with Gasteiger partial charge in [-0.3, -0.25) is 4.79 Å². The first-order valence-electron chi connectivity index (χ1n) is 8.13. The Morgan fingerprint density at radius 1 is 0.640 bits per heavy atom. The number of benzene rings is 3. The van der Waals surface area contributed by atoms with E-state index in [1.165, 1.54) is 4.68 Å². The van der Waals surface area contributed by atoms with E-state index >= 15 is 0 Å². The maximum absolute atomic E-state index is 13.1. The standard InChI is InChI=1S/C22H16N2O/c25-22-20(17-10-4-1-5-11-17)16-21(18-12-6-2-7-13-18)23-24(22)19-14-8-3-9-15-19/h1-16H. The predicted octanol–water partition coefficient (Wildman–Crippen LogP) is 4.57. The Kier molecular flexibility index (Phi) is 3.97. The number of hydrogen-bond donors (Lipinski definition) is 0. The van der Waals surface area contributed by atoms with E-state index < -0.39 is 0 Å². The monoisotopic (exact) mass is 324 g/mol. The second kappa shape index (κ2) is 6.57. The van der Waals surface area contributed by atoms with Crippen LogP contribution in [-0.4, -0.2) is 9.78 Å². The van der Waals surface area contributed by atoms with Gasteiger partial charge in [0.1, 0.15) is 0 Å². The van der Waals surface area contributed by atoms with Gasteiger partial charge in [-0.25, -0.2) is 0 Å². The number of para-hydroxylation sites is 1. The minimum atomic E-state index is -0.128. The van der Waals surface area contributed by atoms with Crippen molar-refractivity contribution < 1.29 is 0 Å². The highest BCUT2D eigenvalue weighted by Crippen LogP contribution is 2.22. The number of aromatic nitrogens is 2. The lowest BCUT2D eigenvalue weighted by Gasteiger charge is -2.11. The van der Waals surface area contributed by atoms with Crippen LogP contribution >= 0.6 is 0 Å². The average molecular weight is 324 g/mol. The first-order chi connectivity index (χ1) is 12.3. The Bertz CT molecular complexity index is 976. The summed E-state index contributed by atoms with van der Waals surface area (Å²) in [4.78, 5) is 13.1. The van der Waals surface area contributed by atoms with Crippen molar-refractivity contribution in [1.29, 1.82) is 0 Å². The minimum Gasteiger partial charge on any atom is -0.267 e. The molecule has 0 saturated carbocycles. The minimum absolute atomic E-state index is 0.128. The van der Waals surface area contributed by atoms with Crippen molar-refractivity contribution in [3.05, 3.63) is 107 Å². The molecule has 0 unspecified atom stereocenters. The molecule has 25 heavy (non-hydrogen) atoms. The summed E-state index contributed by atoms with van der Waals surface area (Å²) in [6.45, 7) is 0. The van der Waals surface area contributed by atoms with Gasteiger partial charge in [0, 0.05) is 5.56 Å². The van der Waals surface area contributed by atoms with Crippen molar-refractivity contribution in [2.75, 3.05) is 0 Å². The molecule has 0 aliphatic heterocycles. The molecule has 0 spiro atoms. The van der Waals surface area contributed by atoms with Crippen molar-refractivity contribution in [3.63, 3.8) is 0 Å². The highest BCUT2D eigenvalue weighted by Gasteiger charge is 2.12. The van der Waals surface area contributed by atoms with Crippen LogP contribution in [0.25, 0.3) is 28.1 Å². The van der Waals surface area contributed by atoms with Crippen molar-refractivity contribution in [2.45, 2.75) is 0 Å². The highest BCUT2D eigenvalue weighted by molar-refractivity contribution is 5.69. The Labute approximate surface area is 145 Å². The molecule has 0 fully saturated rings. The molecular formula is C22H16N2O. The Hall–Kier alpha value is -3.46. The van der Waals surface area contributed by atoms with Crippen LogP contribution in [0.4, 0.5) is 0 Å². The summed E-state index contributed by atoms with van der Waals surface area (Å²) in [6.07, 6.45) is 0. The van der Waals surface area contributed by atoms with E-state index in [9.17, 15) is 4.79 Å². The van der Waals surface area contributed by atoms with E-state index in [0.29, 0.717) is 5.56 Å². The molecule has 1 heterocycles. The number of nitrogens with zero attached hydrogens (tertiary/aromatic N) is 2. The van der Waals surface area contributed by atoms with E-state index in [-0.39, 0.29) is 5.56 Å². The Balaban J connectivity index is 2.00. The summed E-state index contributed by atoms with van der Waals surface area (Å²) in [5.74, 6) is 0. The van der Waals surface area contributed by atoms with Crippen LogP contribution in [0.1, 0.15) is 0 Å². The molecule has 0 aliphatic carbocycles. The maximum atomic E-state index is 13.1. The van der Waals surface area contributed by atoms with Gasteiger partial charge in [-0.2, -0.15) is 9.78 Å². The lowest BCUT2D eigenvalue weighted by Crippen LogP contribution is -2.23. The first kappa shape index (κ1) is 15.1. The normalized spacial score (nSPS) is 10.6. The molecule has 120 valence electrons. The lowest BCUT2D eigenvalue weighted by atomic mass is 10.0. The Morgan fingerprint density at radius 2 is 1.16 bits per heavy atom. The smallest absolute Gasteiger partial charge is 0.267 e. The summed E-state index contributed by atoms with van der Waals surface area (Å²) in [5, 5.41) is 4.60.